The second kappa shape index (κ2) is 9.09. The lowest BCUT2D eigenvalue weighted by atomic mass is 10.1. The molecule has 2 atom stereocenters. The van der Waals surface area contributed by atoms with Crippen LogP contribution in [0.1, 0.15) is 37.5 Å². The van der Waals surface area contributed by atoms with Gasteiger partial charge in [-0.1, -0.05) is 18.2 Å². The van der Waals surface area contributed by atoms with Crippen LogP contribution >= 0.6 is 24.0 Å². The number of aliphatic imine (C=N–C) groups is 1. The van der Waals surface area contributed by atoms with Crippen LogP contribution in [0.25, 0.3) is 11.0 Å². The predicted octanol–water partition coefficient (Wildman–Crippen LogP) is 4.11. The Morgan fingerprint density at radius 2 is 2.16 bits per heavy atom. The third kappa shape index (κ3) is 4.46. The minimum Gasteiger partial charge on any atom is -0.459 e. The zero-order chi connectivity index (χ0) is 16.9. The Labute approximate surface area is 165 Å². The van der Waals surface area contributed by atoms with Crippen LogP contribution in [0.15, 0.2) is 33.7 Å². The molecule has 2 unspecified atom stereocenters. The lowest BCUT2D eigenvalue weighted by molar-refractivity contribution is 0.526. The van der Waals surface area contributed by atoms with E-state index in [1.54, 1.807) is 0 Å². The van der Waals surface area contributed by atoms with Gasteiger partial charge in [-0.25, -0.2) is 4.99 Å². The number of aryl methyl sites for hydroxylation is 1. The van der Waals surface area contributed by atoms with E-state index in [9.17, 15) is 5.26 Å². The molecule has 0 aliphatic heterocycles. The molecule has 1 aliphatic carbocycles. The molecule has 0 spiro atoms. The van der Waals surface area contributed by atoms with Gasteiger partial charge in [0.15, 0.2) is 5.96 Å². The molecular formula is C19H25IN4O. The first-order valence-electron chi connectivity index (χ1n) is 8.64. The minimum atomic E-state index is 0. The van der Waals surface area contributed by atoms with Crippen molar-refractivity contribution in [1.82, 2.24) is 10.6 Å². The maximum Gasteiger partial charge on any atom is 0.191 e. The van der Waals surface area contributed by atoms with Gasteiger partial charge >= 0.3 is 0 Å². The third-order valence-corrected chi connectivity index (χ3v) is 4.67. The van der Waals surface area contributed by atoms with Gasteiger partial charge in [0.2, 0.25) is 0 Å². The second-order valence-corrected chi connectivity index (χ2v) is 6.26. The van der Waals surface area contributed by atoms with Crippen LogP contribution in [0.5, 0.6) is 0 Å². The first-order chi connectivity index (χ1) is 11.7. The summed E-state index contributed by atoms with van der Waals surface area (Å²) in [6.07, 6.45) is 3.08. The van der Waals surface area contributed by atoms with Crippen molar-refractivity contribution in [2.45, 2.75) is 45.7 Å². The topological polar surface area (TPSA) is 73.3 Å². The summed E-state index contributed by atoms with van der Waals surface area (Å²) in [5, 5.41) is 17.1. The van der Waals surface area contributed by atoms with E-state index in [0.29, 0.717) is 6.54 Å². The highest BCUT2D eigenvalue weighted by atomic mass is 127. The number of guanidine groups is 1. The highest BCUT2D eigenvalue weighted by Gasteiger charge is 2.27. The number of halogens is 1. The number of furan rings is 1. The van der Waals surface area contributed by atoms with Crippen LogP contribution in [0, 0.1) is 24.2 Å². The van der Waals surface area contributed by atoms with E-state index in [0.717, 1.165) is 54.1 Å². The van der Waals surface area contributed by atoms with E-state index in [4.69, 9.17) is 4.42 Å². The lowest BCUT2D eigenvalue weighted by Crippen LogP contribution is -2.44. The van der Waals surface area contributed by atoms with Crippen molar-refractivity contribution in [2.75, 3.05) is 6.54 Å². The number of hydrogen-bond donors (Lipinski definition) is 2. The molecule has 0 bridgehead atoms. The molecule has 1 aromatic carbocycles. The molecule has 134 valence electrons. The second-order valence-electron chi connectivity index (χ2n) is 6.26. The summed E-state index contributed by atoms with van der Waals surface area (Å²) in [6, 6.07) is 10.6. The van der Waals surface area contributed by atoms with E-state index in [1.165, 1.54) is 0 Å². The van der Waals surface area contributed by atoms with Crippen LogP contribution < -0.4 is 10.6 Å². The maximum atomic E-state index is 9.24. The fourth-order valence-corrected chi connectivity index (χ4v) is 3.31. The molecule has 0 saturated heterocycles. The quantitative estimate of drug-likeness (QED) is 0.416. The Balaban J connectivity index is 0.00000225. The van der Waals surface area contributed by atoms with Crippen molar-refractivity contribution < 1.29 is 4.42 Å². The smallest absolute Gasteiger partial charge is 0.191 e. The molecule has 1 heterocycles. The first kappa shape index (κ1) is 19.6. The Morgan fingerprint density at radius 3 is 2.88 bits per heavy atom. The van der Waals surface area contributed by atoms with Crippen LogP contribution in [0.3, 0.4) is 0 Å². The summed E-state index contributed by atoms with van der Waals surface area (Å²) >= 11 is 0. The van der Waals surface area contributed by atoms with Crippen LogP contribution in [0.4, 0.5) is 0 Å². The average molecular weight is 452 g/mol. The van der Waals surface area contributed by atoms with E-state index < -0.39 is 0 Å². The standard InChI is InChI=1S/C19H24N4O.HI/c1-3-21-19(23-16-9-6-7-14(16)11-20)22-12-18-13(2)15-8-4-5-10-17(15)24-18;/h4-5,8,10,14,16H,3,6-7,9,12H2,1-2H3,(H2,21,22,23);1H. The summed E-state index contributed by atoms with van der Waals surface area (Å²) in [5.74, 6) is 1.71. The molecule has 1 saturated carbocycles. The van der Waals surface area contributed by atoms with E-state index in [2.05, 4.69) is 34.7 Å². The Hall–Kier alpha value is -1.75. The highest BCUT2D eigenvalue weighted by Crippen LogP contribution is 2.26. The summed E-state index contributed by atoms with van der Waals surface area (Å²) in [4.78, 5) is 4.66. The van der Waals surface area contributed by atoms with Gasteiger partial charge in [-0.3, -0.25) is 0 Å². The SMILES string of the molecule is CCNC(=NCc1oc2ccccc2c1C)NC1CCCC1C#N.I. The van der Waals surface area contributed by atoms with E-state index in [1.807, 2.05) is 25.1 Å². The van der Waals surface area contributed by atoms with Crippen molar-refractivity contribution in [1.29, 1.82) is 5.26 Å². The molecule has 0 amide bonds. The maximum absolute atomic E-state index is 9.24. The van der Waals surface area contributed by atoms with Crippen molar-refractivity contribution in [2.24, 2.45) is 10.9 Å². The predicted molar refractivity (Wildman–Crippen MR) is 111 cm³/mol. The largest absolute Gasteiger partial charge is 0.459 e. The van der Waals surface area contributed by atoms with Gasteiger partial charge in [-0.2, -0.15) is 5.26 Å². The summed E-state index contributed by atoms with van der Waals surface area (Å²) in [5.41, 5.74) is 2.04. The molecular weight excluding hydrogens is 427 g/mol. The zero-order valence-corrected chi connectivity index (χ0v) is 17.0. The lowest BCUT2D eigenvalue weighted by Gasteiger charge is -2.19. The number of benzene rings is 1. The van der Waals surface area contributed by atoms with Gasteiger partial charge in [0.25, 0.3) is 0 Å². The number of hydrogen-bond acceptors (Lipinski definition) is 3. The van der Waals surface area contributed by atoms with Crippen molar-refractivity contribution in [3.63, 3.8) is 0 Å². The van der Waals surface area contributed by atoms with Gasteiger partial charge in [-0.15, -0.1) is 24.0 Å². The normalized spacial score (nSPS) is 20.1. The molecule has 3 rings (SSSR count). The molecule has 5 nitrogen and oxygen atoms in total. The van der Waals surface area contributed by atoms with Gasteiger partial charge in [0, 0.05) is 23.5 Å². The van der Waals surface area contributed by atoms with Gasteiger partial charge in [0.1, 0.15) is 17.9 Å². The Bertz CT molecular complexity index is 777. The Morgan fingerprint density at radius 1 is 1.36 bits per heavy atom. The number of nitriles is 1. The van der Waals surface area contributed by atoms with Gasteiger partial charge in [-0.05, 0) is 39.2 Å². The molecule has 6 heteroatoms. The molecule has 2 aromatic rings. The van der Waals surface area contributed by atoms with Crippen LogP contribution in [-0.2, 0) is 6.54 Å². The van der Waals surface area contributed by atoms with Crippen molar-refractivity contribution >= 4 is 40.9 Å². The number of nitrogens with one attached hydrogen (secondary N) is 2. The number of fused-ring (bicyclic) bond motifs is 1. The fraction of sp³-hybridized carbons (Fsp3) is 0.474. The average Bonchev–Trinajstić information content (AvgIpc) is 3.17. The minimum absolute atomic E-state index is 0. The van der Waals surface area contributed by atoms with Gasteiger partial charge < -0.3 is 15.1 Å². The zero-order valence-electron chi connectivity index (χ0n) is 14.7. The number of rotatable bonds is 4. The molecule has 1 aromatic heterocycles. The number of nitrogens with zero attached hydrogens (tertiary/aromatic N) is 2. The first-order valence-corrected chi connectivity index (χ1v) is 8.64. The molecule has 25 heavy (non-hydrogen) atoms. The van der Waals surface area contributed by atoms with Gasteiger partial charge in [0.05, 0.1) is 12.0 Å². The monoisotopic (exact) mass is 452 g/mol. The number of para-hydroxylation sites is 1. The van der Waals surface area contributed by atoms with E-state index >= 15 is 0 Å². The molecule has 0 radical (unpaired) electrons. The summed E-state index contributed by atoms with van der Waals surface area (Å²) in [6.45, 7) is 5.38. The molecule has 2 N–H and O–H groups in total. The third-order valence-electron chi connectivity index (χ3n) is 4.67. The van der Waals surface area contributed by atoms with Crippen LogP contribution in [0.2, 0.25) is 0 Å². The fourth-order valence-electron chi connectivity index (χ4n) is 3.31. The van der Waals surface area contributed by atoms with E-state index in [-0.39, 0.29) is 35.9 Å². The summed E-state index contributed by atoms with van der Waals surface area (Å²) in [7, 11) is 0. The molecule has 1 aliphatic rings. The molecule has 1 fully saturated rings. The summed E-state index contributed by atoms with van der Waals surface area (Å²) < 4.78 is 5.92. The van der Waals surface area contributed by atoms with Crippen molar-refractivity contribution in [3.8, 4) is 6.07 Å². The Kier molecular flexibility index (Phi) is 7.12. The highest BCUT2D eigenvalue weighted by molar-refractivity contribution is 14.0. The van der Waals surface area contributed by atoms with Crippen LogP contribution in [-0.4, -0.2) is 18.5 Å². The van der Waals surface area contributed by atoms with Crippen molar-refractivity contribution in [3.05, 3.63) is 35.6 Å².